The Hall–Kier alpha value is -0.610. The Kier molecular flexibility index (Phi) is 9.72. The molecule has 0 spiro atoms. The maximum absolute atomic E-state index is 10.3. The second kappa shape index (κ2) is 11.2. The van der Waals surface area contributed by atoms with E-state index in [0.29, 0.717) is 12.5 Å². The number of carbonyl (C=O) groups is 1. The number of aliphatic carboxylic acids is 1. The van der Waals surface area contributed by atoms with Crippen LogP contribution in [-0.2, 0) is 14.3 Å². The molecule has 0 aromatic heterocycles. The zero-order chi connectivity index (χ0) is 13.8. The van der Waals surface area contributed by atoms with Crippen molar-refractivity contribution in [2.45, 2.75) is 70.3 Å². The molecular weight excluding hydrogens is 244 g/mol. The molecule has 19 heavy (non-hydrogen) atoms. The third-order valence-corrected chi connectivity index (χ3v) is 3.56. The summed E-state index contributed by atoms with van der Waals surface area (Å²) in [7, 11) is 0. The Morgan fingerprint density at radius 2 is 1.58 bits per heavy atom. The summed E-state index contributed by atoms with van der Waals surface area (Å²) in [6.45, 7) is 2.58. The van der Waals surface area contributed by atoms with Gasteiger partial charge in [0.05, 0.1) is 6.10 Å². The van der Waals surface area contributed by atoms with Crippen LogP contribution in [0, 0.1) is 0 Å². The molecule has 0 aliphatic carbocycles. The van der Waals surface area contributed by atoms with Crippen LogP contribution < -0.4 is 0 Å². The van der Waals surface area contributed by atoms with Gasteiger partial charge in [-0.2, -0.15) is 0 Å². The minimum Gasteiger partial charge on any atom is -0.481 e. The zero-order valence-corrected chi connectivity index (χ0v) is 11.9. The SMILES string of the molecule is O=C(O)CCCCCCCCCOC1CCOCC1. The largest absolute Gasteiger partial charge is 0.481 e. The molecule has 1 rings (SSSR count). The maximum Gasteiger partial charge on any atom is 0.303 e. The summed E-state index contributed by atoms with van der Waals surface area (Å²) in [4.78, 5) is 10.3. The average Bonchev–Trinajstić information content (AvgIpc) is 2.42. The lowest BCUT2D eigenvalue weighted by Gasteiger charge is -2.22. The molecule has 1 aliphatic heterocycles. The summed E-state index contributed by atoms with van der Waals surface area (Å²) in [5.74, 6) is -0.676. The first-order valence-corrected chi connectivity index (χ1v) is 7.70. The molecule has 0 bridgehead atoms. The van der Waals surface area contributed by atoms with E-state index < -0.39 is 5.97 Å². The first-order chi connectivity index (χ1) is 9.29. The summed E-state index contributed by atoms with van der Waals surface area (Å²) in [6, 6.07) is 0. The number of unbranched alkanes of at least 4 members (excludes halogenated alkanes) is 6. The quantitative estimate of drug-likeness (QED) is 0.586. The van der Waals surface area contributed by atoms with Crippen molar-refractivity contribution in [2.75, 3.05) is 19.8 Å². The predicted molar refractivity (Wildman–Crippen MR) is 74.4 cm³/mol. The van der Waals surface area contributed by atoms with Gasteiger partial charge in [0, 0.05) is 26.2 Å². The van der Waals surface area contributed by atoms with E-state index in [9.17, 15) is 4.79 Å². The van der Waals surface area contributed by atoms with Crippen LogP contribution in [0.2, 0.25) is 0 Å². The average molecular weight is 272 g/mol. The van der Waals surface area contributed by atoms with E-state index in [-0.39, 0.29) is 0 Å². The van der Waals surface area contributed by atoms with Crippen LogP contribution in [-0.4, -0.2) is 37.0 Å². The molecule has 1 N–H and O–H groups in total. The summed E-state index contributed by atoms with van der Waals surface area (Å²) in [5, 5.41) is 8.50. The van der Waals surface area contributed by atoms with Gasteiger partial charge in [0.25, 0.3) is 0 Å². The van der Waals surface area contributed by atoms with E-state index in [1.807, 2.05) is 0 Å². The van der Waals surface area contributed by atoms with Crippen LogP contribution in [0.3, 0.4) is 0 Å². The number of rotatable bonds is 11. The lowest BCUT2D eigenvalue weighted by Crippen LogP contribution is -2.23. The molecule has 1 heterocycles. The fraction of sp³-hybridized carbons (Fsp3) is 0.933. The van der Waals surface area contributed by atoms with Gasteiger partial charge in [0.1, 0.15) is 0 Å². The molecule has 0 atom stereocenters. The lowest BCUT2D eigenvalue weighted by molar-refractivity contribution is -0.137. The van der Waals surface area contributed by atoms with E-state index in [4.69, 9.17) is 14.6 Å². The molecule has 0 unspecified atom stereocenters. The highest BCUT2D eigenvalue weighted by Crippen LogP contribution is 2.12. The van der Waals surface area contributed by atoms with Crippen LogP contribution in [0.15, 0.2) is 0 Å². The summed E-state index contributed by atoms with van der Waals surface area (Å²) < 4.78 is 11.1. The molecular formula is C15H28O4. The van der Waals surface area contributed by atoms with Crippen LogP contribution in [0.5, 0.6) is 0 Å². The third-order valence-electron chi connectivity index (χ3n) is 3.56. The molecule has 1 aliphatic rings. The summed E-state index contributed by atoms with van der Waals surface area (Å²) >= 11 is 0. The van der Waals surface area contributed by atoms with Crippen molar-refractivity contribution in [1.29, 1.82) is 0 Å². The molecule has 0 radical (unpaired) electrons. The Balaban J connectivity index is 1.74. The van der Waals surface area contributed by atoms with Crippen LogP contribution in [0.1, 0.15) is 64.2 Å². The van der Waals surface area contributed by atoms with Gasteiger partial charge in [-0.25, -0.2) is 0 Å². The molecule has 1 fully saturated rings. The second-order valence-corrected chi connectivity index (χ2v) is 5.30. The van der Waals surface area contributed by atoms with Crippen molar-refractivity contribution < 1.29 is 19.4 Å². The van der Waals surface area contributed by atoms with E-state index in [1.165, 1.54) is 19.3 Å². The Bertz CT molecular complexity index is 224. The Labute approximate surface area is 116 Å². The highest BCUT2D eigenvalue weighted by molar-refractivity contribution is 5.66. The monoisotopic (exact) mass is 272 g/mol. The van der Waals surface area contributed by atoms with Crippen molar-refractivity contribution in [3.05, 3.63) is 0 Å². The van der Waals surface area contributed by atoms with Crippen molar-refractivity contribution in [3.63, 3.8) is 0 Å². The molecule has 0 saturated carbocycles. The highest BCUT2D eigenvalue weighted by Gasteiger charge is 2.13. The maximum atomic E-state index is 10.3. The smallest absolute Gasteiger partial charge is 0.303 e. The highest BCUT2D eigenvalue weighted by atomic mass is 16.5. The Morgan fingerprint density at radius 1 is 1.00 bits per heavy atom. The molecule has 0 aromatic carbocycles. The fourth-order valence-electron chi connectivity index (χ4n) is 2.35. The van der Waals surface area contributed by atoms with E-state index in [1.54, 1.807) is 0 Å². The molecule has 4 nitrogen and oxygen atoms in total. The van der Waals surface area contributed by atoms with Crippen molar-refractivity contribution in [1.82, 2.24) is 0 Å². The first kappa shape index (κ1) is 16.4. The molecule has 0 aromatic rings. The topological polar surface area (TPSA) is 55.8 Å². The van der Waals surface area contributed by atoms with Gasteiger partial charge in [-0.1, -0.05) is 32.1 Å². The van der Waals surface area contributed by atoms with Gasteiger partial charge in [0.2, 0.25) is 0 Å². The number of ether oxygens (including phenoxy) is 2. The molecule has 0 amide bonds. The second-order valence-electron chi connectivity index (χ2n) is 5.30. The predicted octanol–water partition coefficient (Wildman–Crippen LogP) is 3.39. The minimum absolute atomic E-state index is 0.318. The van der Waals surface area contributed by atoms with Gasteiger partial charge < -0.3 is 14.6 Å². The van der Waals surface area contributed by atoms with Crippen molar-refractivity contribution in [3.8, 4) is 0 Å². The fourth-order valence-corrected chi connectivity index (χ4v) is 2.35. The number of carboxylic acids is 1. The van der Waals surface area contributed by atoms with Crippen molar-refractivity contribution >= 4 is 5.97 Å². The molecule has 1 saturated heterocycles. The third kappa shape index (κ3) is 9.91. The molecule has 112 valence electrons. The summed E-state index contributed by atoms with van der Waals surface area (Å²) in [6.07, 6.45) is 10.7. The van der Waals surface area contributed by atoms with E-state index >= 15 is 0 Å². The van der Waals surface area contributed by atoms with Crippen LogP contribution >= 0.6 is 0 Å². The first-order valence-electron chi connectivity index (χ1n) is 7.70. The van der Waals surface area contributed by atoms with Crippen LogP contribution in [0.4, 0.5) is 0 Å². The minimum atomic E-state index is -0.676. The number of carboxylic acid groups (broad SMARTS) is 1. The van der Waals surface area contributed by atoms with Gasteiger partial charge in [-0.05, 0) is 25.7 Å². The van der Waals surface area contributed by atoms with E-state index in [0.717, 1.165) is 58.3 Å². The normalized spacial score (nSPS) is 16.6. The standard InChI is InChI=1S/C15H28O4/c16-15(17)8-6-4-2-1-3-5-7-11-19-14-9-12-18-13-10-14/h14H,1-13H2,(H,16,17). The molecule has 4 heteroatoms. The zero-order valence-electron chi connectivity index (χ0n) is 11.9. The number of hydrogen-bond acceptors (Lipinski definition) is 3. The summed E-state index contributed by atoms with van der Waals surface area (Å²) in [5.41, 5.74) is 0. The van der Waals surface area contributed by atoms with Gasteiger partial charge in [0.15, 0.2) is 0 Å². The van der Waals surface area contributed by atoms with Gasteiger partial charge >= 0.3 is 5.97 Å². The number of hydrogen-bond donors (Lipinski definition) is 1. The van der Waals surface area contributed by atoms with Crippen LogP contribution in [0.25, 0.3) is 0 Å². The van der Waals surface area contributed by atoms with E-state index in [2.05, 4.69) is 0 Å². The van der Waals surface area contributed by atoms with Gasteiger partial charge in [-0.3, -0.25) is 4.79 Å². The van der Waals surface area contributed by atoms with Gasteiger partial charge in [-0.15, -0.1) is 0 Å². The Morgan fingerprint density at radius 3 is 2.21 bits per heavy atom. The van der Waals surface area contributed by atoms with Crippen molar-refractivity contribution in [2.24, 2.45) is 0 Å². The lowest BCUT2D eigenvalue weighted by atomic mass is 10.1.